The van der Waals surface area contributed by atoms with Crippen molar-refractivity contribution in [1.29, 1.82) is 0 Å². The zero-order valence-corrected chi connectivity index (χ0v) is 9.29. The number of carbonyl (C=O) groups is 1. The van der Waals surface area contributed by atoms with Gasteiger partial charge in [0.25, 0.3) is 0 Å². The van der Waals surface area contributed by atoms with Crippen LogP contribution in [0.1, 0.15) is 21.5 Å². The molecule has 0 spiro atoms. The predicted octanol–water partition coefficient (Wildman–Crippen LogP) is 3.72. The summed E-state index contributed by atoms with van der Waals surface area (Å²) in [5.74, 6) is 0. The molecule has 0 atom stereocenters. The lowest BCUT2D eigenvalue weighted by Crippen LogP contribution is -1.91. The Hall–Kier alpha value is -1.60. The molecule has 2 heteroatoms. The highest BCUT2D eigenvalue weighted by Crippen LogP contribution is 2.39. The maximum absolute atomic E-state index is 11.1. The Morgan fingerprint density at radius 2 is 1.88 bits per heavy atom. The number of hydrogen-bond acceptors (Lipinski definition) is 1. The average molecular weight is 229 g/mol. The van der Waals surface area contributed by atoms with E-state index in [9.17, 15) is 4.79 Å². The zero-order chi connectivity index (χ0) is 11.1. The maximum atomic E-state index is 11.1. The third-order valence-corrected chi connectivity index (χ3v) is 3.43. The van der Waals surface area contributed by atoms with E-state index in [2.05, 4.69) is 12.1 Å². The molecule has 1 nitrogen and oxygen atoms in total. The molecule has 0 saturated carbocycles. The van der Waals surface area contributed by atoms with Crippen LogP contribution < -0.4 is 0 Å². The second kappa shape index (κ2) is 3.46. The summed E-state index contributed by atoms with van der Waals surface area (Å²) in [6.45, 7) is 0. The van der Waals surface area contributed by atoms with Gasteiger partial charge in [0.2, 0.25) is 0 Å². The summed E-state index contributed by atoms with van der Waals surface area (Å²) in [7, 11) is 0. The van der Waals surface area contributed by atoms with Crippen molar-refractivity contribution < 1.29 is 4.79 Å². The topological polar surface area (TPSA) is 17.1 Å². The summed E-state index contributed by atoms with van der Waals surface area (Å²) in [6.07, 6.45) is 1.66. The molecule has 16 heavy (non-hydrogen) atoms. The molecule has 3 rings (SSSR count). The summed E-state index contributed by atoms with van der Waals surface area (Å²) in [5, 5.41) is 0.543. The minimum Gasteiger partial charge on any atom is -0.298 e. The van der Waals surface area contributed by atoms with Crippen molar-refractivity contribution in [3.05, 3.63) is 58.1 Å². The largest absolute Gasteiger partial charge is 0.298 e. The molecule has 78 valence electrons. The van der Waals surface area contributed by atoms with Crippen LogP contribution >= 0.6 is 11.6 Å². The highest BCUT2D eigenvalue weighted by Gasteiger charge is 2.21. The normalized spacial score (nSPS) is 12.1. The van der Waals surface area contributed by atoms with E-state index in [-0.39, 0.29) is 0 Å². The fourth-order valence-electron chi connectivity index (χ4n) is 2.33. The van der Waals surface area contributed by atoms with E-state index in [1.165, 1.54) is 11.1 Å². The first-order valence-corrected chi connectivity index (χ1v) is 5.54. The fraction of sp³-hybridized carbons (Fsp3) is 0.0714. The number of fused-ring (bicyclic) bond motifs is 3. The molecule has 0 saturated heterocycles. The van der Waals surface area contributed by atoms with Gasteiger partial charge in [-0.15, -0.1) is 0 Å². The number of hydrogen-bond donors (Lipinski definition) is 0. The lowest BCUT2D eigenvalue weighted by Gasteiger charge is -2.04. The van der Waals surface area contributed by atoms with Gasteiger partial charge in [-0.1, -0.05) is 41.9 Å². The van der Waals surface area contributed by atoms with Crippen LogP contribution in [0.2, 0.25) is 5.02 Å². The second-order valence-corrected chi connectivity index (χ2v) is 4.35. The Bertz CT molecular complexity index is 587. The molecule has 2 aromatic rings. The molecule has 0 radical (unpaired) electrons. The first-order valence-electron chi connectivity index (χ1n) is 5.16. The van der Waals surface area contributed by atoms with E-state index in [1.807, 2.05) is 18.2 Å². The van der Waals surface area contributed by atoms with Crippen molar-refractivity contribution in [3.8, 4) is 11.1 Å². The highest BCUT2D eigenvalue weighted by molar-refractivity contribution is 6.33. The van der Waals surface area contributed by atoms with Gasteiger partial charge >= 0.3 is 0 Å². The van der Waals surface area contributed by atoms with E-state index in [0.29, 0.717) is 10.6 Å². The van der Waals surface area contributed by atoms with Crippen molar-refractivity contribution in [2.45, 2.75) is 6.42 Å². The monoisotopic (exact) mass is 228 g/mol. The summed E-state index contributed by atoms with van der Waals surface area (Å²) in [5.41, 5.74) is 5.32. The van der Waals surface area contributed by atoms with Gasteiger partial charge in [0.15, 0.2) is 6.29 Å². The van der Waals surface area contributed by atoms with Gasteiger partial charge in [-0.05, 0) is 34.7 Å². The number of benzene rings is 2. The average Bonchev–Trinajstić information content (AvgIpc) is 2.67. The van der Waals surface area contributed by atoms with E-state index in [4.69, 9.17) is 11.6 Å². The van der Waals surface area contributed by atoms with E-state index in [1.54, 1.807) is 6.07 Å². The molecule has 1 aliphatic carbocycles. The van der Waals surface area contributed by atoms with Gasteiger partial charge in [-0.3, -0.25) is 4.79 Å². The number of halogens is 1. The van der Waals surface area contributed by atoms with Crippen molar-refractivity contribution >= 4 is 17.9 Å². The molecule has 0 fully saturated rings. The Morgan fingerprint density at radius 3 is 2.69 bits per heavy atom. The van der Waals surface area contributed by atoms with Crippen molar-refractivity contribution in [3.63, 3.8) is 0 Å². The third kappa shape index (κ3) is 1.22. The van der Waals surface area contributed by atoms with Gasteiger partial charge in [-0.25, -0.2) is 0 Å². The molecule has 0 bridgehead atoms. The minimum atomic E-state index is 0.543. The fourth-order valence-corrected chi connectivity index (χ4v) is 2.56. The summed E-state index contributed by atoms with van der Waals surface area (Å²) < 4.78 is 0. The maximum Gasteiger partial charge on any atom is 0.151 e. The van der Waals surface area contributed by atoms with Gasteiger partial charge in [-0.2, -0.15) is 0 Å². The smallest absolute Gasteiger partial charge is 0.151 e. The van der Waals surface area contributed by atoms with Crippen molar-refractivity contribution in [1.82, 2.24) is 0 Å². The molecule has 0 aromatic heterocycles. The molecular weight excluding hydrogens is 220 g/mol. The van der Waals surface area contributed by atoms with Crippen LogP contribution in [-0.2, 0) is 6.42 Å². The predicted molar refractivity (Wildman–Crippen MR) is 65.1 cm³/mol. The first-order chi connectivity index (χ1) is 7.81. The number of carbonyl (C=O) groups excluding carboxylic acids is 1. The Kier molecular flexibility index (Phi) is 2.08. The first kappa shape index (κ1) is 9.61. The SMILES string of the molecule is O=Cc1c(Cl)ccc2c1Cc1ccccc1-2. The van der Waals surface area contributed by atoms with Crippen LogP contribution in [0.4, 0.5) is 0 Å². The van der Waals surface area contributed by atoms with Crippen LogP contribution in [-0.4, -0.2) is 6.29 Å². The Balaban J connectivity index is 2.32. The van der Waals surface area contributed by atoms with Crippen molar-refractivity contribution in [2.75, 3.05) is 0 Å². The zero-order valence-electron chi connectivity index (χ0n) is 8.53. The number of rotatable bonds is 1. The quantitative estimate of drug-likeness (QED) is 0.580. The minimum absolute atomic E-state index is 0.543. The van der Waals surface area contributed by atoms with Crippen LogP contribution in [0, 0.1) is 0 Å². The lowest BCUT2D eigenvalue weighted by molar-refractivity contribution is 0.112. The van der Waals surface area contributed by atoms with E-state index >= 15 is 0 Å². The number of aldehydes is 1. The highest BCUT2D eigenvalue weighted by atomic mass is 35.5. The standard InChI is InChI=1S/C14H9ClO/c15-14-6-5-11-10-4-2-1-3-9(10)7-12(11)13(14)8-16/h1-6,8H,7H2. The van der Waals surface area contributed by atoms with Crippen LogP contribution in [0.5, 0.6) is 0 Å². The molecule has 0 heterocycles. The van der Waals surface area contributed by atoms with Gasteiger partial charge in [0.05, 0.1) is 5.02 Å². The lowest BCUT2D eigenvalue weighted by atomic mass is 10.0. The van der Waals surface area contributed by atoms with E-state index in [0.717, 1.165) is 23.8 Å². The Morgan fingerprint density at radius 1 is 1.06 bits per heavy atom. The molecule has 2 aromatic carbocycles. The molecular formula is C14H9ClO. The van der Waals surface area contributed by atoms with Crippen molar-refractivity contribution in [2.24, 2.45) is 0 Å². The Labute approximate surface area is 98.7 Å². The summed E-state index contributed by atoms with van der Waals surface area (Å²) >= 11 is 6.02. The van der Waals surface area contributed by atoms with Gasteiger partial charge in [0.1, 0.15) is 0 Å². The van der Waals surface area contributed by atoms with Gasteiger partial charge < -0.3 is 0 Å². The van der Waals surface area contributed by atoms with Crippen LogP contribution in [0.3, 0.4) is 0 Å². The molecule has 0 N–H and O–H groups in total. The summed E-state index contributed by atoms with van der Waals surface area (Å²) in [4.78, 5) is 11.1. The van der Waals surface area contributed by atoms with Gasteiger partial charge in [0, 0.05) is 5.56 Å². The third-order valence-electron chi connectivity index (χ3n) is 3.10. The second-order valence-electron chi connectivity index (χ2n) is 3.94. The van der Waals surface area contributed by atoms with E-state index < -0.39 is 0 Å². The molecule has 0 unspecified atom stereocenters. The van der Waals surface area contributed by atoms with Crippen LogP contribution in [0.15, 0.2) is 36.4 Å². The molecule has 0 aliphatic heterocycles. The summed E-state index contributed by atoms with van der Waals surface area (Å²) in [6, 6.07) is 12.0. The molecule has 1 aliphatic rings. The van der Waals surface area contributed by atoms with Crippen LogP contribution in [0.25, 0.3) is 11.1 Å². The molecule has 0 amide bonds.